The maximum Gasteiger partial charge on any atom is 0.279 e. The molecule has 1 aliphatic rings. The van der Waals surface area contributed by atoms with Crippen molar-refractivity contribution in [2.24, 2.45) is 7.05 Å². The summed E-state index contributed by atoms with van der Waals surface area (Å²) in [5.41, 5.74) is 0.854. The molecule has 0 fully saturated rings. The number of thioether (sulfide) groups is 1. The predicted octanol–water partition coefficient (Wildman–Crippen LogP) is 1.99. The van der Waals surface area contributed by atoms with Crippen LogP contribution in [0.2, 0.25) is 0 Å². The van der Waals surface area contributed by atoms with Crippen molar-refractivity contribution in [1.82, 2.24) is 9.55 Å². The van der Waals surface area contributed by atoms with Crippen molar-refractivity contribution in [3.05, 3.63) is 39.7 Å². The zero-order valence-corrected chi connectivity index (χ0v) is 15.3. The van der Waals surface area contributed by atoms with E-state index in [1.54, 1.807) is 31.9 Å². The van der Waals surface area contributed by atoms with E-state index in [4.69, 9.17) is 9.47 Å². The molecule has 0 saturated heterocycles. The Balaban J connectivity index is 2.27. The van der Waals surface area contributed by atoms with Gasteiger partial charge in [0.15, 0.2) is 16.7 Å². The van der Waals surface area contributed by atoms with E-state index >= 15 is 0 Å². The lowest BCUT2D eigenvalue weighted by atomic mass is 9.86. The van der Waals surface area contributed by atoms with E-state index < -0.39 is 5.92 Å². The van der Waals surface area contributed by atoms with Gasteiger partial charge in [0.1, 0.15) is 5.82 Å². The molecule has 2 heterocycles. The zero-order chi connectivity index (χ0) is 18.1. The van der Waals surface area contributed by atoms with Crippen LogP contribution in [-0.2, 0) is 11.8 Å². The minimum atomic E-state index is -0.448. The number of fused-ring (bicyclic) bond motifs is 1. The van der Waals surface area contributed by atoms with Gasteiger partial charge in [0, 0.05) is 24.9 Å². The molecule has 1 atom stereocenters. The van der Waals surface area contributed by atoms with E-state index in [1.807, 2.05) is 18.4 Å². The van der Waals surface area contributed by atoms with Crippen LogP contribution >= 0.6 is 11.8 Å². The van der Waals surface area contributed by atoms with Gasteiger partial charge < -0.3 is 19.4 Å². The maximum absolute atomic E-state index is 12.7. The molecule has 0 radical (unpaired) electrons. The van der Waals surface area contributed by atoms with Crippen LogP contribution < -0.4 is 20.3 Å². The fourth-order valence-corrected chi connectivity index (χ4v) is 3.71. The average molecular weight is 361 g/mol. The molecule has 2 aromatic rings. The summed E-state index contributed by atoms with van der Waals surface area (Å²) in [5.74, 6) is 0.951. The SMILES string of the molecule is COc1cccc([C@@H]2CC(=O)Nc3c2c(=O)nc(SC)n3C)c1OC. The number of rotatable bonds is 4. The maximum atomic E-state index is 12.7. The Bertz CT molecular complexity index is 894. The van der Waals surface area contributed by atoms with E-state index in [9.17, 15) is 9.59 Å². The number of hydrogen-bond acceptors (Lipinski definition) is 6. The van der Waals surface area contributed by atoms with E-state index in [0.717, 1.165) is 5.56 Å². The molecule has 132 valence electrons. The van der Waals surface area contributed by atoms with Crippen molar-refractivity contribution in [2.45, 2.75) is 17.5 Å². The molecule has 0 aliphatic carbocycles. The fraction of sp³-hybridized carbons (Fsp3) is 0.353. The molecular weight excluding hydrogens is 342 g/mol. The molecule has 1 aromatic carbocycles. The van der Waals surface area contributed by atoms with Gasteiger partial charge >= 0.3 is 0 Å². The van der Waals surface area contributed by atoms with Crippen LogP contribution in [0, 0.1) is 0 Å². The van der Waals surface area contributed by atoms with E-state index in [1.165, 1.54) is 11.8 Å². The standard InChI is InChI=1S/C17H19N3O4S/c1-20-15-13(16(22)19-17(20)25-4)10(8-12(21)18-15)9-6-5-7-11(23-2)14(9)24-3/h5-7,10H,8H2,1-4H3,(H,18,21)/t10-/m0/s1. The van der Waals surface area contributed by atoms with Crippen LogP contribution in [0.5, 0.6) is 11.5 Å². The summed E-state index contributed by atoms with van der Waals surface area (Å²) in [7, 11) is 4.87. The van der Waals surface area contributed by atoms with Crippen LogP contribution in [0.15, 0.2) is 28.2 Å². The van der Waals surface area contributed by atoms with Gasteiger partial charge in [-0.05, 0) is 12.3 Å². The van der Waals surface area contributed by atoms with Crippen LogP contribution in [0.25, 0.3) is 0 Å². The Hall–Kier alpha value is -2.48. The highest BCUT2D eigenvalue weighted by atomic mass is 32.2. The summed E-state index contributed by atoms with van der Waals surface area (Å²) in [6.07, 6.45) is 1.98. The number of hydrogen-bond donors (Lipinski definition) is 1. The number of aromatic nitrogens is 2. The summed E-state index contributed by atoms with van der Waals surface area (Å²) in [6, 6.07) is 5.44. The van der Waals surface area contributed by atoms with Crippen molar-refractivity contribution in [2.75, 3.05) is 25.8 Å². The van der Waals surface area contributed by atoms with Gasteiger partial charge in [-0.1, -0.05) is 23.9 Å². The van der Waals surface area contributed by atoms with E-state index in [0.29, 0.717) is 28.0 Å². The number of ether oxygens (including phenoxy) is 2. The number of anilines is 1. The number of carbonyl (C=O) groups excluding carboxylic acids is 1. The van der Waals surface area contributed by atoms with Crippen LogP contribution in [0.1, 0.15) is 23.5 Å². The van der Waals surface area contributed by atoms with Gasteiger partial charge in [0.25, 0.3) is 5.56 Å². The molecule has 8 heteroatoms. The van der Waals surface area contributed by atoms with Gasteiger partial charge in [-0.2, -0.15) is 4.98 Å². The molecule has 0 spiro atoms. The molecule has 1 aliphatic heterocycles. The smallest absolute Gasteiger partial charge is 0.279 e. The summed E-state index contributed by atoms with van der Waals surface area (Å²) in [6.45, 7) is 0. The molecule has 1 N–H and O–H groups in total. The first-order valence-corrected chi connectivity index (χ1v) is 8.89. The lowest BCUT2D eigenvalue weighted by molar-refractivity contribution is -0.116. The van der Waals surface area contributed by atoms with Gasteiger partial charge in [-0.25, -0.2) is 0 Å². The summed E-state index contributed by atoms with van der Waals surface area (Å²) in [4.78, 5) is 29.1. The lowest BCUT2D eigenvalue weighted by Crippen LogP contribution is -2.33. The van der Waals surface area contributed by atoms with Gasteiger partial charge in [0.2, 0.25) is 5.91 Å². The lowest BCUT2D eigenvalue weighted by Gasteiger charge is -2.28. The monoisotopic (exact) mass is 361 g/mol. The van der Waals surface area contributed by atoms with Crippen molar-refractivity contribution in [3.8, 4) is 11.5 Å². The Kier molecular flexibility index (Phi) is 4.71. The molecule has 1 aromatic heterocycles. The number of benzene rings is 1. The normalized spacial score (nSPS) is 16.2. The van der Waals surface area contributed by atoms with Crippen LogP contribution in [0.3, 0.4) is 0 Å². The number of para-hydroxylation sites is 1. The van der Waals surface area contributed by atoms with Crippen LogP contribution in [0.4, 0.5) is 5.82 Å². The number of nitrogens with one attached hydrogen (secondary N) is 1. The van der Waals surface area contributed by atoms with E-state index in [2.05, 4.69) is 10.3 Å². The molecule has 3 rings (SSSR count). The largest absolute Gasteiger partial charge is 0.493 e. The Morgan fingerprint density at radius 2 is 2.04 bits per heavy atom. The Morgan fingerprint density at radius 3 is 2.68 bits per heavy atom. The Morgan fingerprint density at radius 1 is 1.28 bits per heavy atom. The summed E-state index contributed by atoms with van der Waals surface area (Å²) < 4.78 is 12.6. The average Bonchev–Trinajstić information content (AvgIpc) is 2.62. The van der Waals surface area contributed by atoms with Crippen molar-refractivity contribution in [1.29, 1.82) is 0 Å². The predicted molar refractivity (Wildman–Crippen MR) is 95.9 cm³/mol. The third kappa shape index (κ3) is 2.86. The van der Waals surface area contributed by atoms with Gasteiger partial charge in [-0.3, -0.25) is 9.59 Å². The van der Waals surface area contributed by atoms with Gasteiger partial charge in [0.05, 0.1) is 19.8 Å². The van der Waals surface area contributed by atoms with Gasteiger partial charge in [-0.15, -0.1) is 0 Å². The first-order chi connectivity index (χ1) is 12.0. The van der Waals surface area contributed by atoms with Crippen molar-refractivity contribution >= 4 is 23.5 Å². The van der Waals surface area contributed by atoms with Crippen molar-refractivity contribution < 1.29 is 14.3 Å². The first kappa shape index (κ1) is 17.3. The highest BCUT2D eigenvalue weighted by Crippen LogP contribution is 2.42. The number of methoxy groups -OCH3 is 2. The molecule has 25 heavy (non-hydrogen) atoms. The minimum Gasteiger partial charge on any atom is -0.493 e. The molecule has 1 amide bonds. The molecular formula is C17H19N3O4S. The second-order valence-corrected chi connectivity index (χ2v) is 6.39. The quantitative estimate of drug-likeness (QED) is 0.662. The molecule has 7 nitrogen and oxygen atoms in total. The first-order valence-electron chi connectivity index (χ1n) is 7.67. The number of carbonyl (C=O) groups is 1. The molecule has 0 unspecified atom stereocenters. The molecule has 0 saturated carbocycles. The highest BCUT2D eigenvalue weighted by Gasteiger charge is 2.34. The second kappa shape index (κ2) is 6.79. The third-order valence-electron chi connectivity index (χ3n) is 4.29. The van der Waals surface area contributed by atoms with Crippen molar-refractivity contribution in [3.63, 3.8) is 0 Å². The Labute approximate surface area is 149 Å². The highest BCUT2D eigenvalue weighted by molar-refractivity contribution is 7.98. The second-order valence-electron chi connectivity index (χ2n) is 5.61. The summed E-state index contributed by atoms with van der Waals surface area (Å²) in [5, 5.41) is 3.35. The minimum absolute atomic E-state index is 0.145. The third-order valence-corrected chi connectivity index (χ3v) is 5.02. The zero-order valence-electron chi connectivity index (χ0n) is 14.5. The van der Waals surface area contributed by atoms with Crippen LogP contribution in [-0.4, -0.2) is 35.9 Å². The summed E-state index contributed by atoms with van der Waals surface area (Å²) >= 11 is 1.35. The fourth-order valence-electron chi connectivity index (χ4n) is 3.17. The number of nitrogens with zero attached hydrogens (tertiary/aromatic N) is 2. The topological polar surface area (TPSA) is 82.5 Å². The molecule has 0 bridgehead atoms. The van der Waals surface area contributed by atoms with E-state index in [-0.39, 0.29) is 17.9 Å². The number of amides is 1.